The summed E-state index contributed by atoms with van der Waals surface area (Å²) in [6, 6.07) is 10.7. The van der Waals surface area contributed by atoms with Gasteiger partial charge in [-0.05, 0) is 47.5 Å². The number of ether oxygens (including phenoxy) is 4. The molecule has 0 radical (unpaired) electrons. The van der Waals surface area contributed by atoms with Crippen molar-refractivity contribution in [1.29, 1.82) is 0 Å². The molecule has 0 aliphatic heterocycles. The third-order valence-corrected chi connectivity index (χ3v) is 4.63. The van der Waals surface area contributed by atoms with Gasteiger partial charge in [0.2, 0.25) is 0 Å². The minimum absolute atomic E-state index is 0.233. The van der Waals surface area contributed by atoms with Crippen LogP contribution in [0.4, 0.5) is 0 Å². The highest BCUT2D eigenvalue weighted by molar-refractivity contribution is 6.10. The van der Waals surface area contributed by atoms with Crippen molar-refractivity contribution in [3.63, 3.8) is 0 Å². The summed E-state index contributed by atoms with van der Waals surface area (Å²) in [5.74, 6) is 1.77. The normalized spacial score (nSPS) is 11.1. The second kappa shape index (κ2) is 15.3. The summed E-state index contributed by atoms with van der Waals surface area (Å²) in [7, 11) is 1.56. The SMILES string of the molecule is COc1ccc(/C=C/C(=O)CC(=O)/C=C/c2ccc(OCC[NH3+])c(OCC[NH3+])c2)cc1OCC[NH3+]. The Labute approximate surface area is 205 Å². The molecule has 9 heteroatoms. The Morgan fingerprint density at radius 3 is 1.57 bits per heavy atom. The molecule has 0 atom stereocenters. The second-order valence-corrected chi connectivity index (χ2v) is 7.50. The first-order valence-corrected chi connectivity index (χ1v) is 11.5. The molecule has 0 fully saturated rings. The molecule has 0 saturated carbocycles. The van der Waals surface area contributed by atoms with Crippen LogP contribution in [0.5, 0.6) is 23.0 Å². The zero-order chi connectivity index (χ0) is 25.5. The first kappa shape index (κ1) is 27.6. The lowest BCUT2D eigenvalue weighted by Gasteiger charge is -2.11. The molecule has 0 spiro atoms. The van der Waals surface area contributed by atoms with E-state index in [1.165, 1.54) is 12.2 Å². The number of hydrogen-bond acceptors (Lipinski definition) is 6. The molecule has 2 rings (SSSR count). The fraction of sp³-hybridized carbons (Fsp3) is 0.308. The summed E-state index contributed by atoms with van der Waals surface area (Å²) in [6.07, 6.45) is 5.84. The van der Waals surface area contributed by atoms with Crippen LogP contribution in [0, 0.1) is 0 Å². The van der Waals surface area contributed by atoms with Crippen molar-refractivity contribution in [3.8, 4) is 23.0 Å². The Morgan fingerprint density at radius 2 is 1.11 bits per heavy atom. The van der Waals surface area contributed by atoms with E-state index in [1.807, 2.05) is 6.07 Å². The van der Waals surface area contributed by atoms with Crippen molar-refractivity contribution < 1.29 is 45.7 Å². The second-order valence-electron chi connectivity index (χ2n) is 7.50. The Kier molecular flexibility index (Phi) is 12.0. The van der Waals surface area contributed by atoms with Crippen LogP contribution in [0.15, 0.2) is 48.6 Å². The monoisotopic (exact) mass is 486 g/mol. The largest absolute Gasteiger partial charge is 0.493 e. The molecule has 2 aromatic carbocycles. The zero-order valence-electron chi connectivity index (χ0n) is 20.3. The molecule has 35 heavy (non-hydrogen) atoms. The average Bonchev–Trinajstić information content (AvgIpc) is 2.87. The van der Waals surface area contributed by atoms with Crippen LogP contribution in [0.2, 0.25) is 0 Å². The van der Waals surface area contributed by atoms with Gasteiger partial charge in [0.15, 0.2) is 34.6 Å². The van der Waals surface area contributed by atoms with E-state index in [-0.39, 0.29) is 18.0 Å². The predicted octanol–water partition coefficient (Wildman–Crippen LogP) is -0.188. The summed E-state index contributed by atoms with van der Waals surface area (Å²) >= 11 is 0. The number of ketones is 2. The van der Waals surface area contributed by atoms with E-state index < -0.39 is 0 Å². The van der Waals surface area contributed by atoms with Crippen LogP contribution >= 0.6 is 0 Å². The molecule has 9 nitrogen and oxygen atoms in total. The van der Waals surface area contributed by atoms with Crippen molar-refractivity contribution in [2.24, 2.45) is 0 Å². The molecule has 0 unspecified atom stereocenters. The maximum Gasteiger partial charge on any atom is 0.163 e. The van der Waals surface area contributed by atoms with Crippen molar-refractivity contribution in [3.05, 3.63) is 59.7 Å². The Morgan fingerprint density at radius 1 is 0.686 bits per heavy atom. The highest BCUT2D eigenvalue weighted by Gasteiger charge is 2.09. The maximum absolute atomic E-state index is 12.3. The number of hydrogen-bond donors (Lipinski definition) is 3. The van der Waals surface area contributed by atoms with Gasteiger partial charge in [0.05, 0.1) is 13.5 Å². The van der Waals surface area contributed by atoms with Crippen molar-refractivity contribution in [2.45, 2.75) is 6.42 Å². The lowest BCUT2D eigenvalue weighted by Crippen LogP contribution is -2.53. The van der Waals surface area contributed by atoms with Gasteiger partial charge in [-0.25, -0.2) is 0 Å². The van der Waals surface area contributed by atoms with E-state index in [1.54, 1.807) is 49.6 Å². The first-order chi connectivity index (χ1) is 17.0. The molecule has 9 N–H and O–H groups in total. The number of carbonyl (C=O) groups excluding carboxylic acids is 2. The van der Waals surface area contributed by atoms with E-state index in [9.17, 15) is 9.59 Å². The van der Waals surface area contributed by atoms with Crippen LogP contribution < -0.4 is 36.1 Å². The van der Waals surface area contributed by atoms with E-state index in [2.05, 4.69) is 17.2 Å². The molecule has 0 saturated heterocycles. The van der Waals surface area contributed by atoms with Gasteiger partial charge in [0.25, 0.3) is 0 Å². The third-order valence-electron chi connectivity index (χ3n) is 4.63. The number of methoxy groups -OCH3 is 1. The molecule has 0 aliphatic carbocycles. The molecule has 0 aromatic heterocycles. The molecule has 0 aliphatic rings. The van der Waals surface area contributed by atoms with Crippen molar-refractivity contribution >= 4 is 23.7 Å². The fourth-order valence-electron chi connectivity index (χ4n) is 2.98. The number of allylic oxidation sites excluding steroid dienone is 2. The summed E-state index contributed by atoms with van der Waals surface area (Å²) in [4.78, 5) is 24.6. The molecule has 0 amide bonds. The van der Waals surface area contributed by atoms with E-state index in [4.69, 9.17) is 18.9 Å². The third kappa shape index (κ3) is 9.62. The molecule has 188 valence electrons. The minimum Gasteiger partial charge on any atom is -0.493 e. The Bertz CT molecular complexity index is 1040. The van der Waals surface area contributed by atoms with Crippen LogP contribution in [0.25, 0.3) is 12.2 Å². The predicted molar refractivity (Wildman–Crippen MR) is 132 cm³/mol. The van der Waals surface area contributed by atoms with E-state index in [0.717, 1.165) is 11.1 Å². The molecular weight excluding hydrogens is 450 g/mol. The smallest absolute Gasteiger partial charge is 0.163 e. The van der Waals surface area contributed by atoms with Crippen molar-refractivity contribution in [2.75, 3.05) is 46.6 Å². The summed E-state index contributed by atoms with van der Waals surface area (Å²) in [5, 5.41) is 0. The maximum atomic E-state index is 12.3. The number of carbonyl (C=O) groups is 2. The fourth-order valence-corrected chi connectivity index (χ4v) is 2.98. The Hall–Kier alpha value is -3.66. The van der Waals surface area contributed by atoms with E-state index in [0.29, 0.717) is 62.5 Å². The summed E-state index contributed by atoms with van der Waals surface area (Å²) < 4.78 is 22.3. The topological polar surface area (TPSA) is 154 Å². The van der Waals surface area contributed by atoms with Crippen LogP contribution in [0.1, 0.15) is 17.5 Å². The minimum atomic E-state index is -0.300. The number of benzene rings is 2. The first-order valence-electron chi connectivity index (χ1n) is 11.5. The highest BCUT2D eigenvalue weighted by Crippen LogP contribution is 2.29. The average molecular weight is 487 g/mol. The number of rotatable bonds is 16. The lowest BCUT2D eigenvalue weighted by atomic mass is 10.1. The van der Waals surface area contributed by atoms with Gasteiger partial charge in [-0.3, -0.25) is 9.59 Å². The van der Waals surface area contributed by atoms with Gasteiger partial charge in [-0.15, -0.1) is 0 Å². The van der Waals surface area contributed by atoms with Gasteiger partial charge >= 0.3 is 0 Å². The van der Waals surface area contributed by atoms with Gasteiger partial charge in [-0.1, -0.05) is 24.3 Å². The summed E-state index contributed by atoms with van der Waals surface area (Å²) in [5.41, 5.74) is 12.8. The summed E-state index contributed by atoms with van der Waals surface area (Å²) in [6.45, 7) is 3.26. The molecule has 0 bridgehead atoms. The van der Waals surface area contributed by atoms with Crippen molar-refractivity contribution in [1.82, 2.24) is 0 Å². The molecular formula is C26H36N3O6+3. The molecule has 2 aromatic rings. The van der Waals surface area contributed by atoms with Crippen LogP contribution in [-0.4, -0.2) is 58.1 Å². The van der Waals surface area contributed by atoms with Crippen LogP contribution in [0.3, 0.4) is 0 Å². The van der Waals surface area contributed by atoms with Gasteiger partial charge < -0.3 is 36.1 Å². The van der Waals surface area contributed by atoms with Crippen LogP contribution in [-0.2, 0) is 9.59 Å². The zero-order valence-corrected chi connectivity index (χ0v) is 20.3. The number of quaternary nitrogens is 3. The highest BCUT2D eigenvalue weighted by atomic mass is 16.5. The molecule has 0 heterocycles. The van der Waals surface area contributed by atoms with E-state index >= 15 is 0 Å². The van der Waals surface area contributed by atoms with Gasteiger partial charge in [0, 0.05) is 0 Å². The van der Waals surface area contributed by atoms with Gasteiger partial charge in [-0.2, -0.15) is 0 Å². The Balaban J connectivity index is 1.99. The lowest BCUT2D eigenvalue weighted by molar-refractivity contribution is -0.372. The van der Waals surface area contributed by atoms with Gasteiger partial charge in [0.1, 0.15) is 39.5 Å². The quantitative estimate of drug-likeness (QED) is 0.221. The standard InChI is InChI=1S/C26H33N3O6/c1-32-23-8-4-19(16-25(23)34-14-11-28)2-6-21(30)18-22(31)7-3-20-5-9-24(33-13-10-27)26(17-20)35-15-12-29/h2-9,16-17H,10-15,18,27-29H2,1H3/p+3/b6-2+,7-3+.